The van der Waals surface area contributed by atoms with Crippen molar-refractivity contribution in [3.8, 4) is 0 Å². The van der Waals surface area contributed by atoms with Gasteiger partial charge in [0.1, 0.15) is 5.82 Å². The normalized spacial score (nSPS) is 11.4. The Morgan fingerprint density at radius 1 is 1.11 bits per heavy atom. The van der Waals surface area contributed by atoms with E-state index in [1.165, 1.54) is 12.1 Å². The van der Waals surface area contributed by atoms with Crippen molar-refractivity contribution in [1.29, 1.82) is 0 Å². The van der Waals surface area contributed by atoms with Crippen molar-refractivity contribution in [3.05, 3.63) is 69.9 Å². The maximum atomic E-state index is 13.5. The van der Waals surface area contributed by atoms with Crippen LogP contribution in [0.25, 0.3) is 11.6 Å². The smallest absolute Gasteiger partial charge is 0.249 e. The molecule has 0 bridgehead atoms. The lowest BCUT2D eigenvalue weighted by atomic mass is 10.0. The molecule has 96 valence electrons. The highest BCUT2D eigenvalue weighted by atomic mass is 79.9. The fourth-order valence-corrected chi connectivity index (χ4v) is 2.19. The first-order valence-electron chi connectivity index (χ1n) is 5.60. The molecule has 0 aliphatic rings. The Balaban J connectivity index is 2.56. The summed E-state index contributed by atoms with van der Waals surface area (Å²) in [6, 6.07) is 13.8. The first-order valence-corrected chi connectivity index (χ1v) is 6.40. The third kappa shape index (κ3) is 3.09. The summed E-state index contributed by atoms with van der Waals surface area (Å²) < 4.78 is 13.7. The second-order valence-corrected chi connectivity index (χ2v) is 4.73. The monoisotopic (exact) mass is 319 g/mol. The summed E-state index contributed by atoms with van der Waals surface area (Å²) in [5, 5.41) is 0. The van der Waals surface area contributed by atoms with Crippen molar-refractivity contribution in [2.45, 2.75) is 0 Å². The van der Waals surface area contributed by atoms with Crippen LogP contribution in [0.15, 0.2) is 53.0 Å². The second kappa shape index (κ2) is 5.80. The number of halogens is 2. The van der Waals surface area contributed by atoms with Gasteiger partial charge in [-0.15, -0.1) is 0 Å². The standard InChI is InChI=1S/C15H11BrFNO/c16-14-11(7-4-8-13(14)17)12(15(18)19)9-10-5-2-1-3-6-10/h1-9H,(H2,18,19)/b12-9-. The molecule has 0 saturated heterocycles. The molecule has 0 fully saturated rings. The fraction of sp³-hybridized carbons (Fsp3) is 0. The topological polar surface area (TPSA) is 43.1 Å². The van der Waals surface area contributed by atoms with E-state index in [0.29, 0.717) is 5.56 Å². The van der Waals surface area contributed by atoms with Crippen molar-refractivity contribution >= 4 is 33.5 Å². The van der Waals surface area contributed by atoms with E-state index in [2.05, 4.69) is 15.9 Å². The number of primary amides is 1. The Labute approximate surface area is 118 Å². The van der Waals surface area contributed by atoms with Gasteiger partial charge in [-0.3, -0.25) is 4.79 Å². The average Bonchev–Trinajstić information content (AvgIpc) is 2.40. The van der Waals surface area contributed by atoms with Crippen molar-refractivity contribution in [3.63, 3.8) is 0 Å². The minimum atomic E-state index is -0.602. The van der Waals surface area contributed by atoms with Gasteiger partial charge in [0.25, 0.3) is 0 Å². The summed E-state index contributed by atoms with van der Waals surface area (Å²) in [5.41, 5.74) is 6.91. The molecule has 0 spiro atoms. The molecular formula is C15H11BrFNO. The predicted molar refractivity (Wildman–Crippen MR) is 77.6 cm³/mol. The van der Waals surface area contributed by atoms with Crippen molar-refractivity contribution in [2.24, 2.45) is 5.73 Å². The van der Waals surface area contributed by atoms with Gasteiger partial charge in [-0.2, -0.15) is 0 Å². The number of rotatable bonds is 3. The summed E-state index contributed by atoms with van der Waals surface area (Å²) >= 11 is 3.14. The fourth-order valence-electron chi connectivity index (χ4n) is 1.71. The first-order chi connectivity index (χ1) is 9.09. The zero-order valence-corrected chi connectivity index (χ0v) is 11.5. The van der Waals surface area contributed by atoms with Gasteiger partial charge in [0.15, 0.2) is 0 Å². The highest BCUT2D eigenvalue weighted by Crippen LogP contribution is 2.28. The minimum Gasteiger partial charge on any atom is -0.366 e. The van der Waals surface area contributed by atoms with Crippen LogP contribution >= 0.6 is 15.9 Å². The van der Waals surface area contributed by atoms with Crippen LogP contribution in [-0.2, 0) is 4.79 Å². The lowest BCUT2D eigenvalue weighted by Gasteiger charge is -2.07. The Kier molecular flexibility index (Phi) is 4.12. The van der Waals surface area contributed by atoms with Crippen LogP contribution in [0.1, 0.15) is 11.1 Å². The quantitative estimate of drug-likeness (QED) is 0.681. The van der Waals surface area contributed by atoms with Gasteiger partial charge >= 0.3 is 0 Å². The molecule has 0 aromatic heterocycles. The number of nitrogens with two attached hydrogens (primary N) is 1. The highest BCUT2D eigenvalue weighted by molar-refractivity contribution is 9.10. The van der Waals surface area contributed by atoms with E-state index >= 15 is 0 Å². The third-order valence-electron chi connectivity index (χ3n) is 2.62. The molecule has 19 heavy (non-hydrogen) atoms. The van der Waals surface area contributed by atoms with Crippen LogP contribution in [0.4, 0.5) is 4.39 Å². The van der Waals surface area contributed by atoms with Gasteiger partial charge in [0.05, 0.1) is 4.47 Å². The Morgan fingerprint density at radius 3 is 2.42 bits per heavy atom. The second-order valence-electron chi connectivity index (χ2n) is 3.93. The van der Waals surface area contributed by atoms with Crippen LogP contribution in [0.3, 0.4) is 0 Å². The van der Waals surface area contributed by atoms with Gasteiger partial charge < -0.3 is 5.73 Å². The van der Waals surface area contributed by atoms with Crippen molar-refractivity contribution < 1.29 is 9.18 Å². The number of carbonyl (C=O) groups is 1. The maximum Gasteiger partial charge on any atom is 0.249 e. The van der Waals surface area contributed by atoms with Gasteiger partial charge in [0, 0.05) is 11.1 Å². The largest absolute Gasteiger partial charge is 0.366 e. The van der Waals surface area contributed by atoms with Crippen LogP contribution < -0.4 is 5.73 Å². The highest BCUT2D eigenvalue weighted by Gasteiger charge is 2.14. The zero-order chi connectivity index (χ0) is 13.8. The molecule has 0 aliphatic carbocycles. The SMILES string of the molecule is NC(=O)/C(=C\c1ccccc1)c1cccc(F)c1Br. The third-order valence-corrected chi connectivity index (χ3v) is 3.42. The number of amides is 1. The molecule has 2 nitrogen and oxygen atoms in total. The molecule has 0 radical (unpaired) electrons. The van der Waals surface area contributed by atoms with E-state index in [9.17, 15) is 9.18 Å². The molecule has 2 rings (SSSR count). The van der Waals surface area contributed by atoms with E-state index in [1.54, 1.807) is 12.1 Å². The van der Waals surface area contributed by atoms with E-state index in [1.807, 2.05) is 30.3 Å². The molecular weight excluding hydrogens is 309 g/mol. The molecule has 0 saturated carbocycles. The number of benzene rings is 2. The Morgan fingerprint density at radius 2 is 1.79 bits per heavy atom. The molecule has 1 amide bonds. The summed E-state index contributed by atoms with van der Waals surface area (Å²) in [7, 11) is 0. The van der Waals surface area contributed by atoms with E-state index in [4.69, 9.17) is 5.73 Å². The molecule has 2 N–H and O–H groups in total. The van der Waals surface area contributed by atoms with Gasteiger partial charge in [0.2, 0.25) is 5.91 Å². The summed E-state index contributed by atoms with van der Waals surface area (Å²) in [6.07, 6.45) is 1.64. The van der Waals surface area contributed by atoms with Gasteiger partial charge in [-0.05, 0) is 33.6 Å². The molecule has 0 aliphatic heterocycles. The van der Waals surface area contributed by atoms with Crippen LogP contribution in [0, 0.1) is 5.82 Å². The van der Waals surface area contributed by atoms with Gasteiger partial charge in [-0.1, -0.05) is 42.5 Å². The van der Waals surface area contributed by atoms with Crippen LogP contribution in [0.5, 0.6) is 0 Å². The maximum absolute atomic E-state index is 13.5. The van der Waals surface area contributed by atoms with Crippen molar-refractivity contribution in [2.75, 3.05) is 0 Å². The molecule has 4 heteroatoms. The lowest BCUT2D eigenvalue weighted by Crippen LogP contribution is -2.13. The Hall–Kier alpha value is -1.94. The summed E-state index contributed by atoms with van der Waals surface area (Å²) in [4.78, 5) is 11.6. The lowest BCUT2D eigenvalue weighted by molar-refractivity contribution is -0.112. The molecule has 0 unspecified atom stereocenters. The van der Waals surface area contributed by atoms with Crippen LogP contribution in [0.2, 0.25) is 0 Å². The predicted octanol–water partition coefficient (Wildman–Crippen LogP) is 3.61. The molecule has 2 aromatic rings. The first kappa shape index (κ1) is 13.5. The Bertz CT molecular complexity index is 638. The van der Waals surface area contributed by atoms with E-state index < -0.39 is 11.7 Å². The van der Waals surface area contributed by atoms with Crippen LogP contribution in [-0.4, -0.2) is 5.91 Å². The summed E-state index contributed by atoms with van der Waals surface area (Å²) in [6.45, 7) is 0. The number of carbonyl (C=O) groups excluding carboxylic acids is 1. The van der Waals surface area contributed by atoms with Crippen molar-refractivity contribution in [1.82, 2.24) is 0 Å². The zero-order valence-electron chi connectivity index (χ0n) is 9.94. The molecule has 0 heterocycles. The number of hydrogen-bond donors (Lipinski definition) is 1. The molecule has 0 atom stereocenters. The van der Waals surface area contributed by atoms with E-state index in [-0.39, 0.29) is 10.0 Å². The minimum absolute atomic E-state index is 0.232. The number of hydrogen-bond acceptors (Lipinski definition) is 1. The van der Waals surface area contributed by atoms with Gasteiger partial charge in [-0.25, -0.2) is 4.39 Å². The van der Waals surface area contributed by atoms with E-state index in [0.717, 1.165) is 5.56 Å². The molecule has 2 aromatic carbocycles. The summed E-state index contributed by atoms with van der Waals surface area (Å²) in [5.74, 6) is -1.03. The average molecular weight is 320 g/mol.